The van der Waals surface area contributed by atoms with E-state index in [4.69, 9.17) is 4.74 Å². The summed E-state index contributed by atoms with van der Waals surface area (Å²) < 4.78 is 5.52. The smallest absolute Gasteiger partial charge is 0.338 e. The van der Waals surface area contributed by atoms with Gasteiger partial charge >= 0.3 is 5.97 Å². The summed E-state index contributed by atoms with van der Waals surface area (Å²) >= 11 is 3.27. The van der Waals surface area contributed by atoms with Crippen molar-refractivity contribution in [3.05, 3.63) is 58.3 Å². The van der Waals surface area contributed by atoms with E-state index in [1.165, 1.54) is 6.20 Å². The second-order valence-corrected chi connectivity index (χ2v) is 4.94. The molecule has 0 saturated heterocycles. The van der Waals surface area contributed by atoms with Crippen molar-refractivity contribution in [2.45, 2.75) is 6.92 Å². The van der Waals surface area contributed by atoms with E-state index in [-0.39, 0.29) is 11.6 Å². The number of aromatic nitrogens is 1. The zero-order valence-electron chi connectivity index (χ0n) is 11.3. The highest BCUT2D eigenvalue weighted by molar-refractivity contribution is 9.10. The van der Waals surface area contributed by atoms with Crippen LogP contribution in [0.2, 0.25) is 0 Å². The molecule has 0 fully saturated rings. The molecule has 0 aliphatic rings. The number of hydrogen-bond donors (Lipinski definition) is 1. The number of halogens is 1. The number of hydrogen-bond acceptors (Lipinski definition) is 4. The van der Waals surface area contributed by atoms with E-state index >= 15 is 0 Å². The van der Waals surface area contributed by atoms with Crippen LogP contribution in [0.1, 0.15) is 27.8 Å². The quantitative estimate of drug-likeness (QED) is 0.861. The number of amides is 1. The molecule has 0 radical (unpaired) electrons. The summed E-state index contributed by atoms with van der Waals surface area (Å²) in [7, 11) is 0. The van der Waals surface area contributed by atoms with E-state index < -0.39 is 5.97 Å². The largest absolute Gasteiger partial charge is 0.462 e. The standard InChI is InChI=1S/C15H13BrN2O3/c1-2-21-15(20)10-5-3-6-11(9-10)18-14(19)13-12(16)7-4-8-17-13/h3-9H,2H2,1H3,(H,18,19). The molecule has 2 rings (SSSR count). The van der Waals surface area contributed by atoms with Gasteiger partial charge in [-0.1, -0.05) is 6.07 Å². The first-order chi connectivity index (χ1) is 10.1. The normalized spacial score (nSPS) is 10.0. The molecule has 1 amide bonds. The first-order valence-electron chi connectivity index (χ1n) is 6.31. The molecule has 1 N–H and O–H groups in total. The Kier molecular flexibility index (Phi) is 5.05. The van der Waals surface area contributed by atoms with Crippen molar-refractivity contribution >= 4 is 33.5 Å². The first-order valence-corrected chi connectivity index (χ1v) is 7.10. The lowest BCUT2D eigenvalue weighted by Crippen LogP contribution is -2.15. The maximum Gasteiger partial charge on any atom is 0.338 e. The Morgan fingerprint density at radius 3 is 2.81 bits per heavy atom. The van der Waals surface area contributed by atoms with E-state index in [9.17, 15) is 9.59 Å². The van der Waals surface area contributed by atoms with Crippen molar-refractivity contribution < 1.29 is 14.3 Å². The van der Waals surface area contributed by atoms with Crippen molar-refractivity contribution in [2.24, 2.45) is 0 Å². The Morgan fingerprint density at radius 1 is 1.29 bits per heavy atom. The number of pyridine rings is 1. The van der Waals surface area contributed by atoms with Crippen LogP contribution in [0.3, 0.4) is 0 Å². The van der Waals surface area contributed by atoms with Gasteiger partial charge in [-0.3, -0.25) is 4.79 Å². The van der Waals surface area contributed by atoms with Gasteiger partial charge in [0, 0.05) is 16.4 Å². The minimum Gasteiger partial charge on any atom is -0.462 e. The molecule has 1 aromatic heterocycles. The highest BCUT2D eigenvalue weighted by atomic mass is 79.9. The molecule has 0 saturated carbocycles. The molecule has 0 bridgehead atoms. The minimum atomic E-state index is -0.424. The molecule has 0 aliphatic carbocycles. The van der Waals surface area contributed by atoms with Gasteiger partial charge in [0.25, 0.3) is 5.91 Å². The van der Waals surface area contributed by atoms with Crippen LogP contribution < -0.4 is 5.32 Å². The fourth-order valence-corrected chi connectivity index (χ4v) is 2.12. The predicted molar refractivity (Wildman–Crippen MR) is 82.3 cm³/mol. The van der Waals surface area contributed by atoms with Crippen LogP contribution in [0.5, 0.6) is 0 Å². The number of carbonyl (C=O) groups is 2. The molecule has 0 atom stereocenters. The number of ether oxygens (including phenoxy) is 1. The number of esters is 1. The lowest BCUT2D eigenvalue weighted by atomic mass is 10.2. The number of nitrogens with one attached hydrogen (secondary N) is 1. The second-order valence-electron chi connectivity index (χ2n) is 4.09. The van der Waals surface area contributed by atoms with Crippen LogP contribution in [0.4, 0.5) is 5.69 Å². The van der Waals surface area contributed by atoms with E-state index in [1.807, 2.05) is 0 Å². The number of anilines is 1. The molecular formula is C15H13BrN2O3. The number of carbonyl (C=O) groups excluding carboxylic acids is 2. The van der Waals surface area contributed by atoms with E-state index in [0.717, 1.165) is 0 Å². The molecule has 2 aromatic rings. The number of nitrogens with zero attached hydrogens (tertiary/aromatic N) is 1. The van der Waals surface area contributed by atoms with Crippen molar-refractivity contribution in [3.8, 4) is 0 Å². The van der Waals surface area contributed by atoms with Gasteiger partial charge in [-0.15, -0.1) is 0 Å². The van der Waals surface area contributed by atoms with Crippen molar-refractivity contribution in [2.75, 3.05) is 11.9 Å². The fraction of sp³-hybridized carbons (Fsp3) is 0.133. The maximum atomic E-state index is 12.1. The van der Waals surface area contributed by atoms with E-state index in [0.29, 0.717) is 22.3 Å². The van der Waals surface area contributed by atoms with E-state index in [2.05, 4.69) is 26.2 Å². The lowest BCUT2D eigenvalue weighted by molar-refractivity contribution is 0.0526. The van der Waals surface area contributed by atoms with Gasteiger partial charge in [0.15, 0.2) is 0 Å². The third kappa shape index (κ3) is 3.88. The average molecular weight is 349 g/mol. The Labute approximate surface area is 130 Å². The third-order valence-corrected chi connectivity index (χ3v) is 3.25. The van der Waals surface area contributed by atoms with Gasteiger partial charge in [-0.25, -0.2) is 9.78 Å². The van der Waals surface area contributed by atoms with Gasteiger partial charge in [-0.2, -0.15) is 0 Å². The topological polar surface area (TPSA) is 68.3 Å². The number of rotatable bonds is 4. The van der Waals surface area contributed by atoms with Crippen molar-refractivity contribution in [1.82, 2.24) is 4.98 Å². The fourth-order valence-electron chi connectivity index (χ4n) is 1.68. The molecule has 1 aromatic carbocycles. The molecule has 0 aliphatic heterocycles. The molecule has 6 heteroatoms. The SMILES string of the molecule is CCOC(=O)c1cccc(NC(=O)c2ncccc2Br)c1. The van der Waals surface area contributed by atoms with Gasteiger partial charge in [0.05, 0.1) is 12.2 Å². The summed E-state index contributed by atoms with van der Waals surface area (Å²) in [5.74, 6) is -0.781. The number of benzene rings is 1. The molecule has 21 heavy (non-hydrogen) atoms. The molecule has 1 heterocycles. The molecule has 0 unspecified atom stereocenters. The van der Waals surface area contributed by atoms with Crippen LogP contribution in [-0.4, -0.2) is 23.5 Å². The van der Waals surface area contributed by atoms with Crippen LogP contribution in [0.15, 0.2) is 47.1 Å². The van der Waals surface area contributed by atoms with Crippen LogP contribution in [0.25, 0.3) is 0 Å². The first kappa shape index (κ1) is 15.2. The van der Waals surface area contributed by atoms with Crippen LogP contribution in [0, 0.1) is 0 Å². The van der Waals surface area contributed by atoms with Crippen LogP contribution in [-0.2, 0) is 4.74 Å². The van der Waals surface area contributed by atoms with Gasteiger partial charge in [0.1, 0.15) is 5.69 Å². The average Bonchev–Trinajstić information content (AvgIpc) is 2.48. The van der Waals surface area contributed by atoms with Crippen molar-refractivity contribution in [3.63, 3.8) is 0 Å². The Hall–Kier alpha value is -2.21. The Balaban J connectivity index is 2.17. The summed E-state index contributed by atoms with van der Waals surface area (Å²) in [6.45, 7) is 2.04. The predicted octanol–water partition coefficient (Wildman–Crippen LogP) is 3.27. The summed E-state index contributed by atoms with van der Waals surface area (Å²) in [5.41, 5.74) is 1.16. The summed E-state index contributed by atoms with van der Waals surface area (Å²) in [6.07, 6.45) is 1.54. The maximum absolute atomic E-state index is 12.1. The van der Waals surface area contributed by atoms with Gasteiger partial charge in [0.2, 0.25) is 0 Å². The summed E-state index contributed by atoms with van der Waals surface area (Å²) in [5, 5.41) is 2.70. The molecule has 108 valence electrons. The highest BCUT2D eigenvalue weighted by Crippen LogP contribution is 2.17. The zero-order valence-corrected chi connectivity index (χ0v) is 12.9. The third-order valence-electron chi connectivity index (χ3n) is 2.61. The monoisotopic (exact) mass is 348 g/mol. The second kappa shape index (κ2) is 6.99. The van der Waals surface area contributed by atoms with Gasteiger partial charge in [-0.05, 0) is 53.2 Å². The Morgan fingerprint density at radius 2 is 2.10 bits per heavy atom. The summed E-state index contributed by atoms with van der Waals surface area (Å²) in [6, 6.07) is 10.0. The summed E-state index contributed by atoms with van der Waals surface area (Å²) in [4.78, 5) is 27.8. The lowest BCUT2D eigenvalue weighted by Gasteiger charge is -2.07. The van der Waals surface area contributed by atoms with Crippen LogP contribution >= 0.6 is 15.9 Å². The molecular weight excluding hydrogens is 336 g/mol. The molecule has 0 spiro atoms. The zero-order chi connectivity index (χ0) is 15.2. The Bertz CT molecular complexity index is 673. The van der Waals surface area contributed by atoms with E-state index in [1.54, 1.807) is 43.3 Å². The minimum absolute atomic E-state index is 0.277. The highest BCUT2D eigenvalue weighted by Gasteiger charge is 2.12. The van der Waals surface area contributed by atoms with Crippen molar-refractivity contribution in [1.29, 1.82) is 0 Å². The molecule has 5 nitrogen and oxygen atoms in total. The van der Waals surface area contributed by atoms with Gasteiger partial charge < -0.3 is 10.1 Å².